The third kappa shape index (κ3) is 9.66. The van der Waals surface area contributed by atoms with E-state index in [2.05, 4.69) is 66.6 Å². The van der Waals surface area contributed by atoms with Gasteiger partial charge in [-0.25, -0.2) is 0 Å². The SMILES string of the molecule is C=C(C=CC=C(COCC(O)CO)C1CCC23C4C(=C(C)C=O)C(C=CC4(CCO)C=CC12O)CC3(O)CCNC)C1CC=C(C)C(O)NC(C)(CCOC)Cc2cccc(c2)C1. The van der Waals surface area contributed by atoms with Gasteiger partial charge in [0.1, 0.15) is 18.6 Å². The summed E-state index contributed by atoms with van der Waals surface area (Å²) in [7, 11) is 3.54. The number of aldehydes is 1. The summed E-state index contributed by atoms with van der Waals surface area (Å²) < 4.78 is 11.5. The molecule has 1 aromatic carbocycles. The molecular formula is C52H74N2O9. The first-order valence-electron chi connectivity index (χ1n) is 23.0. The van der Waals surface area contributed by atoms with Crippen LogP contribution < -0.4 is 10.6 Å². The molecular weight excluding hydrogens is 797 g/mol. The van der Waals surface area contributed by atoms with Crippen LogP contribution in [-0.2, 0) is 27.1 Å². The molecule has 1 aromatic rings. The molecule has 63 heavy (non-hydrogen) atoms. The zero-order valence-corrected chi connectivity index (χ0v) is 38.2. The maximum Gasteiger partial charge on any atom is 0.145 e. The number of aliphatic hydroxyl groups excluding tert-OH is 4. The number of hydrogen-bond acceptors (Lipinski definition) is 11. The summed E-state index contributed by atoms with van der Waals surface area (Å²) in [6.07, 6.45) is 20.0. The van der Waals surface area contributed by atoms with E-state index in [1.165, 1.54) is 11.1 Å². The summed E-state index contributed by atoms with van der Waals surface area (Å²) in [5.74, 6) is -1.16. The van der Waals surface area contributed by atoms with Crippen molar-refractivity contribution in [1.29, 1.82) is 0 Å². The van der Waals surface area contributed by atoms with Crippen molar-refractivity contribution >= 4 is 6.29 Å². The van der Waals surface area contributed by atoms with Gasteiger partial charge in [0.15, 0.2) is 0 Å². The van der Waals surface area contributed by atoms with E-state index in [-0.39, 0.29) is 37.2 Å². The van der Waals surface area contributed by atoms with E-state index in [4.69, 9.17) is 9.47 Å². The Balaban J connectivity index is 1.39. The first kappa shape index (κ1) is 49.1. The number of benzene rings is 1. The summed E-state index contributed by atoms with van der Waals surface area (Å²) >= 11 is 0. The normalized spacial score (nSPS) is 36.6. The van der Waals surface area contributed by atoms with Crippen LogP contribution in [0, 0.1) is 34.5 Å². The molecule has 2 saturated carbocycles. The number of carbonyl (C=O) groups is 1. The Bertz CT molecular complexity index is 1990. The lowest BCUT2D eigenvalue weighted by atomic mass is 9.37. The number of hydrogen-bond donors (Lipinski definition) is 8. The van der Waals surface area contributed by atoms with Crippen molar-refractivity contribution in [3.05, 3.63) is 118 Å². The van der Waals surface area contributed by atoms with Gasteiger partial charge in [-0.1, -0.05) is 90.6 Å². The second-order valence-electron chi connectivity index (χ2n) is 19.5. The van der Waals surface area contributed by atoms with Crippen molar-refractivity contribution < 1.29 is 44.9 Å². The predicted molar refractivity (Wildman–Crippen MR) is 246 cm³/mol. The highest BCUT2D eigenvalue weighted by molar-refractivity contribution is 5.75. The van der Waals surface area contributed by atoms with Gasteiger partial charge in [0.05, 0.1) is 31.0 Å². The van der Waals surface area contributed by atoms with E-state index < -0.39 is 52.8 Å². The fourth-order valence-electron chi connectivity index (χ4n) is 12.2. The first-order chi connectivity index (χ1) is 30.1. The zero-order valence-electron chi connectivity index (χ0n) is 38.2. The van der Waals surface area contributed by atoms with Gasteiger partial charge in [0.2, 0.25) is 0 Å². The van der Waals surface area contributed by atoms with Crippen LogP contribution >= 0.6 is 0 Å². The summed E-state index contributed by atoms with van der Waals surface area (Å²) in [6.45, 7) is 10.9. The number of fused-ring (bicyclic) bond motifs is 3. The van der Waals surface area contributed by atoms with Crippen molar-refractivity contribution in [2.75, 3.05) is 53.7 Å². The molecule has 0 aromatic heterocycles. The molecule has 4 aliphatic carbocycles. The molecule has 1 heterocycles. The molecule has 1 spiro atoms. The molecule has 0 radical (unpaired) electrons. The zero-order chi connectivity index (χ0) is 45.6. The average molecular weight is 871 g/mol. The van der Waals surface area contributed by atoms with Gasteiger partial charge < -0.3 is 45.4 Å². The lowest BCUT2D eigenvalue weighted by Crippen LogP contribution is -2.72. The second kappa shape index (κ2) is 20.5. The monoisotopic (exact) mass is 871 g/mol. The first-order valence-corrected chi connectivity index (χ1v) is 23.0. The molecule has 11 nitrogen and oxygen atoms in total. The minimum absolute atomic E-state index is 0.00796. The highest BCUT2D eigenvalue weighted by atomic mass is 16.5. The van der Waals surface area contributed by atoms with Gasteiger partial charge in [0.25, 0.3) is 0 Å². The minimum atomic E-state index is -1.59. The summed E-state index contributed by atoms with van der Waals surface area (Å²) in [4.78, 5) is 12.6. The van der Waals surface area contributed by atoms with E-state index in [0.29, 0.717) is 57.2 Å². The van der Waals surface area contributed by atoms with Crippen LogP contribution in [0.1, 0.15) is 76.8 Å². The van der Waals surface area contributed by atoms with Crippen LogP contribution in [0.5, 0.6) is 0 Å². The molecule has 6 rings (SSSR count). The largest absolute Gasteiger partial charge is 0.396 e. The smallest absolute Gasteiger partial charge is 0.145 e. The Morgan fingerprint density at radius 1 is 1.13 bits per heavy atom. The third-order valence-electron chi connectivity index (χ3n) is 15.4. The molecule has 4 bridgehead atoms. The Morgan fingerprint density at radius 2 is 1.90 bits per heavy atom. The van der Waals surface area contributed by atoms with Gasteiger partial charge >= 0.3 is 0 Å². The van der Waals surface area contributed by atoms with Gasteiger partial charge in [0, 0.05) is 54.4 Å². The van der Waals surface area contributed by atoms with Gasteiger partial charge in [-0.2, -0.15) is 0 Å². The number of carbonyl (C=O) groups excluding carboxylic acids is 1. The van der Waals surface area contributed by atoms with Crippen LogP contribution in [0.3, 0.4) is 0 Å². The lowest BCUT2D eigenvalue weighted by molar-refractivity contribution is -0.233. The van der Waals surface area contributed by atoms with Crippen molar-refractivity contribution in [2.45, 2.75) is 108 Å². The minimum Gasteiger partial charge on any atom is -0.396 e. The number of rotatable bonds is 18. The van der Waals surface area contributed by atoms with Gasteiger partial charge in [-0.3, -0.25) is 10.1 Å². The van der Waals surface area contributed by atoms with E-state index in [1.807, 2.05) is 51.3 Å². The van der Waals surface area contributed by atoms with Crippen LogP contribution in [-0.4, -0.2) is 120 Å². The topological polar surface area (TPSA) is 181 Å². The molecule has 0 amide bonds. The fraction of sp³-hybridized carbons (Fsp3) is 0.596. The summed E-state index contributed by atoms with van der Waals surface area (Å²) in [5, 5.41) is 75.2. The average Bonchev–Trinajstić information content (AvgIpc) is 3.58. The summed E-state index contributed by atoms with van der Waals surface area (Å²) in [6, 6.07) is 8.60. The Morgan fingerprint density at radius 3 is 2.62 bits per heavy atom. The number of allylic oxidation sites excluding steroid dienone is 10. The van der Waals surface area contributed by atoms with Gasteiger partial charge in [-0.05, 0) is 126 Å². The predicted octanol–water partition coefficient (Wildman–Crippen LogP) is 4.98. The van der Waals surface area contributed by atoms with E-state index >= 15 is 0 Å². The Kier molecular flexibility index (Phi) is 15.9. The van der Waals surface area contributed by atoms with Crippen LogP contribution in [0.4, 0.5) is 0 Å². The highest BCUT2D eigenvalue weighted by Gasteiger charge is 2.77. The molecule has 5 aliphatic rings. The number of nitrogens with one attached hydrogen (secondary N) is 2. The summed E-state index contributed by atoms with van der Waals surface area (Å²) in [5.41, 5.74) is 1.21. The molecule has 1 aliphatic heterocycles. The molecule has 11 atom stereocenters. The van der Waals surface area contributed by atoms with Crippen LogP contribution in [0.15, 0.2) is 107 Å². The maximum atomic E-state index is 13.6. The van der Waals surface area contributed by atoms with Crippen LogP contribution in [0.25, 0.3) is 0 Å². The third-order valence-corrected chi connectivity index (χ3v) is 15.4. The number of aliphatic hydroxyl groups is 6. The highest BCUT2D eigenvalue weighted by Crippen LogP contribution is 2.75. The van der Waals surface area contributed by atoms with E-state index in [1.54, 1.807) is 7.11 Å². The van der Waals surface area contributed by atoms with Crippen molar-refractivity contribution in [2.24, 2.45) is 34.5 Å². The Hall–Kier alpha value is -3.33. The number of methoxy groups -OCH3 is 1. The Labute approximate surface area is 375 Å². The molecule has 11 unspecified atom stereocenters. The van der Waals surface area contributed by atoms with E-state index in [0.717, 1.165) is 47.8 Å². The lowest BCUT2D eigenvalue weighted by Gasteiger charge is -2.68. The molecule has 11 heteroatoms. The van der Waals surface area contributed by atoms with Gasteiger partial charge in [-0.15, -0.1) is 0 Å². The molecule has 346 valence electrons. The standard InChI is InChI=1S/C52H74N2O9/c1-35(40-14-13-36(2)47(59)54-48(4,23-26-62-6)29-39-11-8-10-38(27-39)28-40)9-7-12-42(33-63-34-43(58)32-57)44-16-18-51-46-45(37(3)31-56)41(30-50(51,60)21-24-53-5)15-17-49(46,22-25-55)19-20-52(44,51)61/h7-13,15,17,19-20,27,31,40-41,43-44,46-47,53-55,57-61H,1,14,16,18,21-26,28-30,32-34H2,2-6H3. The van der Waals surface area contributed by atoms with Crippen LogP contribution in [0.2, 0.25) is 0 Å². The quantitative estimate of drug-likeness (QED) is 0.0432. The second-order valence-corrected chi connectivity index (χ2v) is 19.5. The maximum absolute atomic E-state index is 13.6. The molecule has 0 saturated heterocycles. The fourth-order valence-corrected chi connectivity index (χ4v) is 12.2. The number of ether oxygens (including phenoxy) is 2. The van der Waals surface area contributed by atoms with Crippen molar-refractivity contribution in [1.82, 2.24) is 10.6 Å². The molecule has 8 N–H and O–H groups in total. The van der Waals surface area contributed by atoms with Crippen molar-refractivity contribution in [3.8, 4) is 0 Å². The van der Waals surface area contributed by atoms with Crippen molar-refractivity contribution in [3.63, 3.8) is 0 Å². The molecule has 2 fully saturated rings. The van der Waals surface area contributed by atoms with E-state index in [9.17, 15) is 35.4 Å².